The van der Waals surface area contributed by atoms with Crippen molar-refractivity contribution >= 4 is 23.2 Å². The van der Waals surface area contributed by atoms with Gasteiger partial charge in [0.05, 0.1) is 5.69 Å². The molecule has 2 aromatic rings. The van der Waals surface area contributed by atoms with Gasteiger partial charge in [-0.15, -0.1) is 0 Å². The topological polar surface area (TPSA) is 41.6 Å². The predicted molar refractivity (Wildman–Crippen MR) is 101 cm³/mol. The van der Waals surface area contributed by atoms with Gasteiger partial charge < -0.3 is 15.0 Å². The lowest BCUT2D eigenvalue weighted by Crippen LogP contribution is -2.31. The van der Waals surface area contributed by atoms with Gasteiger partial charge in [-0.25, -0.2) is 0 Å². The van der Waals surface area contributed by atoms with Gasteiger partial charge in [-0.1, -0.05) is 29.8 Å². The van der Waals surface area contributed by atoms with Gasteiger partial charge in [-0.3, -0.25) is 4.79 Å². The molecule has 5 heteroatoms. The summed E-state index contributed by atoms with van der Waals surface area (Å²) in [5, 5.41) is 3.53. The Morgan fingerprint density at radius 2 is 1.92 bits per heavy atom. The summed E-state index contributed by atoms with van der Waals surface area (Å²) in [7, 11) is 2.12. The van der Waals surface area contributed by atoms with Crippen LogP contribution in [0.4, 0.5) is 5.69 Å². The average molecular weight is 359 g/mol. The smallest absolute Gasteiger partial charge is 0.224 e. The van der Waals surface area contributed by atoms with Gasteiger partial charge in [0.2, 0.25) is 5.91 Å². The number of carbonyl (C=O) groups excluding carboxylic acids is 1. The molecule has 1 N–H and O–H groups in total. The number of benzene rings is 2. The maximum Gasteiger partial charge on any atom is 0.224 e. The molecule has 25 heavy (non-hydrogen) atoms. The van der Waals surface area contributed by atoms with E-state index in [1.165, 1.54) is 0 Å². The van der Waals surface area contributed by atoms with Crippen LogP contribution in [0, 0.1) is 5.92 Å². The van der Waals surface area contributed by atoms with Crippen molar-refractivity contribution in [2.75, 3.05) is 25.5 Å². The number of halogens is 1. The molecule has 1 fully saturated rings. The fraction of sp³-hybridized carbons (Fsp3) is 0.350. The van der Waals surface area contributed by atoms with Gasteiger partial charge in [-0.05, 0) is 69.2 Å². The van der Waals surface area contributed by atoms with E-state index in [9.17, 15) is 4.79 Å². The van der Waals surface area contributed by atoms with Crippen LogP contribution in [0.5, 0.6) is 11.5 Å². The van der Waals surface area contributed by atoms with Crippen LogP contribution in [0.15, 0.2) is 48.5 Å². The quantitative estimate of drug-likeness (QED) is 0.834. The maximum absolute atomic E-state index is 12.5. The van der Waals surface area contributed by atoms with Crippen LogP contribution in [0.1, 0.15) is 19.3 Å². The van der Waals surface area contributed by atoms with Crippen LogP contribution >= 0.6 is 11.6 Å². The van der Waals surface area contributed by atoms with E-state index in [0.717, 1.165) is 31.7 Å². The third kappa shape index (κ3) is 5.21. The number of hydrogen-bond donors (Lipinski definition) is 1. The standard InChI is InChI=1S/C20H23ClN2O2/c1-23-11-9-15(10-12-23)13-20(24)22-18-14-16(21)7-8-19(18)25-17-5-3-2-4-6-17/h2-8,14-15H,9-13H2,1H3,(H,22,24). The Morgan fingerprint density at radius 3 is 2.64 bits per heavy atom. The fourth-order valence-corrected chi connectivity index (χ4v) is 3.21. The number of nitrogens with zero attached hydrogens (tertiary/aromatic N) is 1. The van der Waals surface area contributed by atoms with Crippen molar-refractivity contribution < 1.29 is 9.53 Å². The lowest BCUT2D eigenvalue weighted by Gasteiger charge is -2.28. The predicted octanol–water partition coefficient (Wildman–Crippen LogP) is 4.80. The highest BCUT2D eigenvalue weighted by Crippen LogP contribution is 2.32. The molecule has 0 aromatic heterocycles. The van der Waals surface area contributed by atoms with E-state index < -0.39 is 0 Å². The van der Waals surface area contributed by atoms with Gasteiger partial charge in [0.1, 0.15) is 5.75 Å². The first kappa shape index (κ1) is 17.8. The number of anilines is 1. The molecule has 0 saturated carbocycles. The Labute approximate surface area is 153 Å². The summed E-state index contributed by atoms with van der Waals surface area (Å²) in [4.78, 5) is 14.8. The van der Waals surface area contributed by atoms with E-state index in [4.69, 9.17) is 16.3 Å². The number of ether oxygens (including phenoxy) is 1. The number of carbonyl (C=O) groups is 1. The first-order valence-electron chi connectivity index (χ1n) is 8.61. The van der Waals surface area contributed by atoms with Crippen LogP contribution in [0.2, 0.25) is 5.02 Å². The SMILES string of the molecule is CN1CCC(CC(=O)Nc2cc(Cl)ccc2Oc2ccccc2)CC1. The lowest BCUT2D eigenvalue weighted by molar-refractivity contribution is -0.117. The molecule has 0 bridgehead atoms. The zero-order valence-corrected chi connectivity index (χ0v) is 15.1. The molecule has 1 aliphatic heterocycles. The number of para-hydroxylation sites is 1. The Balaban J connectivity index is 1.66. The molecular weight excluding hydrogens is 336 g/mol. The Bertz CT molecular complexity index is 713. The van der Waals surface area contributed by atoms with Crippen LogP contribution in [0.3, 0.4) is 0 Å². The van der Waals surface area contributed by atoms with Crippen LogP contribution in [0.25, 0.3) is 0 Å². The minimum atomic E-state index is 0.00901. The largest absolute Gasteiger partial charge is 0.455 e. The normalized spacial score (nSPS) is 15.8. The van der Waals surface area contributed by atoms with Crippen molar-refractivity contribution in [3.63, 3.8) is 0 Å². The Morgan fingerprint density at radius 1 is 1.20 bits per heavy atom. The molecule has 1 heterocycles. The minimum Gasteiger partial charge on any atom is -0.455 e. The number of likely N-dealkylation sites (tertiary alicyclic amines) is 1. The molecule has 0 atom stereocenters. The van der Waals surface area contributed by atoms with Crippen molar-refractivity contribution in [3.05, 3.63) is 53.6 Å². The zero-order chi connectivity index (χ0) is 17.6. The molecule has 2 aromatic carbocycles. The van der Waals surface area contributed by atoms with Crippen molar-refractivity contribution in [2.45, 2.75) is 19.3 Å². The summed E-state index contributed by atoms with van der Waals surface area (Å²) >= 11 is 6.10. The number of rotatable bonds is 5. The van der Waals surface area contributed by atoms with Crippen molar-refractivity contribution in [2.24, 2.45) is 5.92 Å². The maximum atomic E-state index is 12.5. The number of piperidine rings is 1. The lowest BCUT2D eigenvalue weighted by atomic mass is 9.93. The van der Waals surface area contributed by atoms with E-state index in [-0.39, 0.29) is 5.91 Å². The van der Waals surface area contributed by atoms with Gasteiger partial charge in [0.25, 0.3) is 0 Å². The molecule has 3 rings (SSSR count). The first-order valence-corrected chi connectivity index (χ1v) is 8.99. The first-order chi connectivity index (χ1) is 12.1. The molecule has 132 valence electrons. The van der Waals surface area contributed by atoms with Crippen LogP contribution in [-0.2, 0) is 4.79 Å². The molecular formula is C20H23ClN2O2. The molecule has 4 nitrogen and oxygen atoms in total. The second-order valence-corrected chi connectivity index (χ2v) is 6.99. The summed E-state index contributed by atoms with van der Waals surface area (Å²) in [5.41, 5.74) is 0.606. The second kappa shape index (κ2) is 8.37. The van der Waals surface area contributed by atoms with Gasteiger partial charge in [0, 0.05) is 11.4 Å². The number of nitrogens with one attached hydrogen (secondary N) is 1. The fourth-order valence-electron chi connectivity index (χ4n) is 3.03. The Kier molecular flexibility index (Phi) is 5.95. The second-order valence-electron chi connectivity index (χ2n) is 6.55. The van der Waals surface area contributed by atoms with Gasteiger partial charge in [-0.2, -0.15) is 0 Å². The van der Waals surface area contributed by atoms with Crippen molar-refractivity contribution in [1.82, 2.24) is 4.90 Å². The summed E-state index contributed by atoms with van der Waals surface area (Å²) in [6.45, 7) is 2.11. The van der Waals surface area contributed by atoms with E-state index >= 15 is 0 Å². The summed E-state index contributed by atoms with van der Waals surface area (Å²) in [6.07, 6.45) is 2.66. The third-order valence-corrected chi connectivity index (χ3v) is 4.73. The highest BCUT2D eigenvalue weighted by atomic mass is 35.5. The Hall–Kier alpha value is -2.04. The number of hydrogen-bond acceptors (Lipinski definition) is 3. The highest BCUT2D eigenvalue weighted by Gasteiger charge is 2.20. The average Bonchev–Trinajstić information content (AvgIpc) is 2.60. The molecule has 0 unspecified atom stereocenters. The van der Waals surface area contributed by atoms with Crippen LogP contribution < -0.4 is 10.1 Å². The third-order valence-electron chi connectivity index (χ3n) is 4.50. The van der Waals surface area contributed by atoms with Crippen molar-refractivity contribution in [3.8, 4) is 11.5 Å². The van der Waals surface area contributed by atoms with Crippen molar-refractivity contribution in [1.29, 1.82) is 0 Å². The summed E-state index contributed by atoms with van der Waals surface area (Å²) in [6, 6.07) is 14.8. The van der Waals surface area contributed by atoms with E-state index in [2.05, 4.69) is 17.3 Å². The molecule has 0 spiro atoms. The van der Waals surface area contributed by atoms with E-state index in [0.29, 0.717) is 28.8 Å². The minimum absolute atomic E-state index is 0.00901. The van der Waals surface area contributed by atoms with E-state index in [1.54, 1.807) is 18.2 Å². The molecule has 1 saturated heterocycles. The summed E-state index contributed by atoms with van der Waals surface area (Å²) in [5.74, 6) is 1.76. The number of amides is 1. The zero-order valence-electron chi connectivity index (χ0n) is 14.4. The summed E-state index contributed by atoms with van der Waals surface area (Å²) < 4.78 is 5.89. The molecule has 1 amide bonds. The molecule has 0 aliphatic carbocycles. The molecule has 0 radical (unpaired) electrons. The molecule has 1 aliphatic rings. The van der Waals surface area contributed by atoms with E-state index in [1.807, 2.05) is 30.3 Å². The monoisotopic (exact) mass is 358 g/mol. The highest BCUT2D eigenvalue weighted by molar-refractivity contribution is 6.31. The van der Waals surface area contributed by atoms with Gasteiger partial charge in [0.15, 0.2) is 5.75 Å². The van der Waals surface area contributed by atoms with Crippen LogP contribution in [-0.4, -0.2) is 30.9 Å². The van der Waals surface area contributed by atoms with Gasteiger partial charge >= 0.3 is 0 Å².